The van der Waals surface area contributed by atoms with Gasteiger partial charge in [-0.3, -0.25) is 4.79 Å². The number of methoxy groups -OCH3 is 1. The summed E-state index contributed by atoms with van der Waals surface area (Å²) in [5.74, 6) is 1.37. The van der Waals surface area contributed by atoms with Crippen molar-refractivity contribution in [3.63, 3.8) is 0 Å². The van der Waals surface area contributed by atoms with E-state index in [2.05, 4.69) is 5.32 Å². The molecule has 0 bridgehead atoms. The first kappa shape index (κ1) is 13.7. The number of nitrogens with two attached hydrogens (primary N) is 1. The van der Waals surface area contributed by atoms with Crippen molar-refractivity contribution >= 4 is 5.91 Å². The average molecular weight is 264 g/mol. The molecule has 1 aliphatic heterocycles. The Morgan fingerprint density at radius 2 is 2.37 bits per heavy atom. The molecule has 0 radical (unpaired) electrons. The highest BCUT2D eigenvalue weighted by molar-refractivity contribution is 5.81. The van der Waals surface area contributed by atoms with Crippen LogP contribution >= 0.6 is 0 Å². The summed E-state index contributed by atoms with van der Waals surface area (Å²) in [5, 5.41) is 2.97. The summed E-state index contributed by atoms with van der Waals surface area (Å²) in [7, 11) is 1.62. The fraction of sp³-hybridized carbons (Fsp3) is 0.500. The van der Waals surface area contributed by atoms with Crippen LogP contribution in [0.5, 0.6) is 11.5 Å². The molecule has 19 heavy (non-hydrogen) atoms. The lowest BCUT2D eigenvalue weighted by molar-refractivity contribution is -0.122. The minimum atomic E-state index is -0.508. The van der Waals surface area contributed by atoms with E-state index in [-0.39, 0.29) is 11.9 Å². The summed E-state index contributed by atoms with van der Waals surface area (Å²) in [5.41, 5.74) is 6.57. The van der Waals surface area contributed by atoms with Gasteiger partial charge >= 0.3 is 0 Å². The summed E-state index contributed by atoms with van der Waals surface area (Å²) in [6.45, 7) is 2.32. The maximum absolute atomic E-state index is 11.8. The Labute approximate surface area is 113 Å². The van der Waals surface area contributed by atoms with E-state index < -0.39 is 6.04 Å². The highest BCUT2D eigenvalue weighted by Gasteiger charge is 2.22. The molecule has 0 saturated carbocycles. The van der Waals surface area contributed by atoms with Crippen LogP contribution in [-0.4, -0.2) is 25.7 Å². The molecule has 2 atom stereocenters. The fourth-order valence-electron chi connectivity index (χ4n) is 2.13. The van der Waals surface area contributed by atoms with Gasteiger partial charge in [0.15, 0.2) is 0 Å². The molecule has 0 saturated heterocycles. The van der Waals surface area contributed by atoms with Crippen LogP contribution in [0.3, 0.4) is 0 Å². The Kier molecular flexibility index (Phi) is 4.27. The monoisotopic (exact) mass is 264 g/mol. The molecule has 0 fully saturated rings. The lowest BCUT2D eigenvalue weighted by atomic mass is 10.0. The quantitative estimate of drug-likeness (QED) is 0.865. The van der Waals surface area contributed by atoms with Crippen molar-refractivity contribution in [2.75, 3.05) is 13.7 Å². The van der Waals surface area contributed by atoms with E-state index in [1.165, 1.54) is 0 Å². The minimum Gasteiger partial charge on any atom is -0.497 e. The van der Waals surface area contributed by atoms with Crippen LogP contribution in [0.1, 0.15) is 31.4 Å². The Morgan fingerprint density at radius 3 is 3.05 bits per heavy atom. The van der Waals surface area contributed by atoms with Crippen LogP contribution in [0.2, 0.25) is 0 Å². The minimum absolute atomic E-state index is 0.0538. The number of carbonyl (C=O) groups excluding carboxylic acids is 1. The molecule has 2 unspecified atom stereocenters. The van der Waals surface area contributed by atoms with Crippen LogP contribution in [0.15, 0.2) is 18.2 Å². The number of fused-ring (bicyclic) bond motifs is 1. The van der Waals surface area contributed by atoms with E-state index >= 15 is 0 Å². The van der Waals surface area contributed by atoms with E-state index in [0.717, 1.165) is 29.9 Å². The standard InChI is InChI=1S/C14H20N2O3/c1-9(15)14(17)16-12-4-3-7-19-13-8-10(18-2)5-6-11(12)13/h5-6,8-9,12H,3-4,7,15H2,1-2H3,(H,16,17). The molecule has 3 N–H and O–H groups in total. The molecule has 5 heteroatoms. The van der Waals surface area contributed by atoms with Gasteiger partial charge in [0.25, 0.3) is 0 Å². The molecule has 5 nitrogen and oxygen atoms in total. The third kappa shape index (κ3) is 3.17. The second-order valence-electron chi connectivity index (χ2n) is 4.74. The molecule has 0 spiro atoms. The summed E-state index contributed by atoms with van der Waals surface area (Å²) in [4.78, 5) is 11.8. The first-order valence-corrected chi connectivity index (χ1v) is 6.48. The van der Waals surface area contributed by atoms with Gasteiger partial charge < -0.3 is 20.5 Å². The van der Waals surface area contributed by atoms with Gasteiger partial charge in [-0.1, -0.05) is 0 Å². The van der Waals surface area contributed by atoms with Gasteiger partial charge in [0.05, 0.1) is 25.8 Å². The van der Waals surface area contributed by atoms with E-state index in [4.69, 9.17) is 15.2 Å². The zero-order valence-corrected chi connectivity index (χ0v) is 11.3. The number of amides is 1. The van der Waals surface area contributed by atoms with Crippen molar-refractivity contribution in [1.29, 1.82) is 0 Å². The number of ether oxygens (including phenoxy) is 2. The Hall–Kier alpha value is -1.75. The summed E-state index contributed by atoms with van der Waals surface area (Å²) in [6, 6.07) is 5.10. The van der Waals surface area contributed by atoms with Crippen molar-refractivity contribution in [1.82, 2.24) is 5.32 Å². The van der Waals surface area contributed by atoms with Crippen molar-refractivity contribution in [2.24, 2.45) is 5.73 Å². The molecule has 0 aromatic heterocycles. The zero-order chi connectivity index (χ0) is 13.8. The number of hydrogen-bond acceptors (Lipinski definition) is 4. The highest BCUT2D eigenvalue weighted by Crippen LogP contribution is 2.34. The molecular weight excluding hydrogens is 244 g/mol. The van der Waals surface area contributed by atoms with Gasteiger partial charge in [0.2, 0.25) is 5.91 Å². The number of benzene rings is 1. The maximum Gasteiger partial charge on any atom is 0.237 e. The molecule has 1 aromatic rings. The predicted octanol–water partition coefficient (Wildman–Crippen LogP) is 1.37. The number of carbonyl (C=O) groups is 1. The topological polar surface area (TPSA) is 73.6 Å². The summed E-state index contributed by atoms with van der Waals surface area (Å²) < 4.78 is 10.9. The first-order valence-electron chi connectivity index (χ1n) is 6.48. The van der Waals surface area contributed by atoms with Crippen LogP contribution in [-0.2, 0) is 4.79 Å². The molecule has 2 rings (SSSR count). The molecule has 1 aromatic carbocycles. The van der Waals surface area contributed by atoms with Crippen LogP contribution < -0.4 is 20.5 Å². The maximum atomic E-state index is 11.8. The van der Waals surface area contributed by atoms with Crippen molar-refractivity contribution in [2.45, 2.75) is 31.8 Å². The van der Waals surface area contributed by atoms with Gasteiger partial charge in [-0.2, -0.15) is 0 Å². The third-order valence-corrected chi connectivity index (χ3v) is 3.22. The van der Waals surface area contributed by atoms with Gasteiger partial charge in [-0.15, -0.1) is 0 Å². The second kappa shape index (κ2) is 5.93. The molecule has 0 aliphatic carbocycles. The fourth-order valence-corrected chi connectivity index (χ4v) is 2.13. The lowest BCUT2D eigenvalue weighted by Crippen LogP contribution is -2.40. The Bertz CT molecular complexity index is 460. The van der Waals surface area contributed by atoms with Crippen molar-refractivity contribution < 1.29 is 14.3 Å². The zero-order valence-electron chi connectivity index (χ0n) is 11.3. The number of hydrogen-bond donors (Lipinski definition) is 2. The highest BCUT2D eigenvalue weighted by atomic mass is 16.5. The third-order valence-electron chi connectivity index (χ3n) is 3.22. The smallest absolute Gasteiger partial charge is 0.237 e. The van der Waals surface area contributed by atoms with Crippen LogP contribution in [0.25, 0.3) is 0 Å². The van der Waals surface area contributed by atoms with E-state index in [1.54, 1.807) is 14.0 Å². The molecule has 1 heterocycles. The van der Waals surface area contributed by atoms with Crippen molar-refractivity contribution in [3.05, 3.63) is 23.8 Å². The number of nitrogens with one attached hydrogen (secondary N) is 1. The van der Waals surface area contributed by atoms with Gasteiger partial charge in [0, 0.05) is 11.6 Å². The van der Waals surface area contributed by atoms with Crippen LogP contribution in [0.4, 0.5) is 0 Å². The first-order chi connectivity index (χ1) is 9.11. The van der Waals surface area contributed by atoms with Gasteiger partial charge in [0.1, 0.15) is 11.5 Å². The normalized spacial score (nSPS) is 19.6. The number of rotatable bonds is 3. The van der Waals surface area contributed by atoms with E-state index in [9.17, 15) is 4.79 Å². The van der Waals surface area contributed by atoms with Crippen LogP contribution in [0, 0.1) is 0 Å². The summed E-state index contributed by atoms with van der Waals surface area (Å²) >= 11 is 0. The van der Waals surface area contributed by atoms with Gasteiger partial charge in [-0.25, -0.2) is 0 Å². The molecule has 1 aliphatic rings. The van der Waals surface area contributed by atoms with E-state index in [1.807, 2.05) is 18.2 Å². The summed E-state index contributed by atoms with van der Waals surface area (Å²) in [6.07, 6.45) is 1.73. The SMILES string of the molecule is COc1ccc2c(c1)OCCCC2NC(=O)C(C)N. The largest absolute Gasteiger partial charge is 0.497 e. The predicted molar refractivity (Wildman–Crippen MR) is 72.3 cm³/mol. The Balaban J connectivity index is 2.25. The van der Waals surface area contributed by atoms with E-state index in [0.29, 0.717) is 6.61 Å². The van der Waals surface area contributed by atoms with Gasteiger partial charge in [-0.05, 0) is 31.9 Å². The molecule has 1 amide bonds. The molecular formula is C14H20N2O3. The second-order valence-corrected chi connectivity index (χ2v) is 4.74. The Morgan fingerprint density at radius 1 is 1.58 bits per heavy atom. The molecule has 104 valence electrons. The average Bonchev–Trinajstić information content (AvgIpc) is 2.60. The van der Waals surface area contributed by atoms with Crippen molar-refractivity contribution in [3.8, 4) is 11.5 Å². The lowest BCUT2D eigenvalue weighted by Gasteiger charge is -2.20.